The molecule has 0 radical (unpaired) electrons. The molecule has 0 unspecified atom stereocenters. The van der Waals surface area contributed by atoms with Gasteiger partial charge in [0.1, 0.15) is 0 Å². The molecule has 1 aliphatic heterocycles. The molecule has 0 aliphatic carbocycles. The van der Waals surface area contributed by atoms with Crippen molar-refractivity contribution in [1.82, 2.24) is 15.3 Å². The number of aromatic nitrogens is 2. The van der Waals surface area contributed by atoms with Gasteiger partial charge >= 0.3 is 0 Å². The number of anilines is 1. The molecule has 0 spiro atoms. The second-order valence-corrected chi connectivity index (χ2v) is 6.45. The third kappa shape index (κ3) is 4.98. The smallest absolute Gasteiger partial charge is 0.290 e. The van der Waals surface area contributed by atoms with E-state index in [1.807, 2.05) is 0 Å². The lowest BCUT2D eigenvalue weighted by molar-refractivity contribution is 0.373. The summed E-state index contributed by atoms with van der Waals surface area (Å²) in [5, 5.41) is 3.70. The third-order valence-electron chi connectivity index (χ3n) is 4.08. The quantitative estimate of drug-likeness (QED) is 0.793. The molecular weight excluding hydrogens is 276 g/mol. The maximum atomic E-state index is 11.9. The summed E-state index contributed by atoms with van der Waals surface area (Å²) in [4.78, 5) is 20.9. The Morgan fingerprint density at radius 1 is 1.59 bits per heavy atom. The van der Waals surface area contributed by atoms with Gasteiger partial charge in [-0.3, -0.25) is 4.79 Å². The van der Waals surface area contributed by atoms with Crippen molar-refractivity contribution in [3.05, 3.63) is 34.4 Å². The molecule has 0 bridgehead atoms. The van der Waals surface area contributed by atoms with Gasteiger partial charge in [-0.05, 0) is 46.5 Å². The molecule has 0 aromatic carbocycles. The summed E-state index contributed by atoms with van der Waals surface area (Å²) in [6.45, 7) is 8.28. The molecule has 0 amide bonds. The minimum absolute atomic E-state index is 0.0974. The van der Waals surface area contributed by atoms with Crippen molar-refractivity contribution < 1.29 is 0 Å². The maximum absolute atomic E-state index is 11.9. The van der Waals surface area contributed by atoms with Gasteiger partial charge in [0, 0.05) is 37.6 Å². The van der Waals surface area contributed by atoms with Crippen LogP contribution in [-0.4, -0.2) is 35.1 Å². The predicted molar refractivity (Wildman–Crippen MR) is 91.4 cm³/mol. The molecule has 2 rings (SSSR count). The zero-order chi connectivity index (χ0) is 15.9. The lowest BCUT2D eigenvalue weighted by atomic mass is 10.0. The van der Waals surface area contributed by atoms with Gasteiger partial charge in [0.05, 0.1) is 0 Å². The number of allylic oxidation sites excluding steroid dienone is 2. The molecule has 5 heteroatoms. The molecular formula is C17H28N4O. The highest BCUT2D eigenvalue weighted by Crippen LogP contribution is 2.15. The Morgan fingerprint density at radius 2 is 2.41 bits per heavy atom. The highest BCUT2D eigenvalue weighted by atomic mass is 16.1. The number of nitrogens with zero attached hydrogens (tertiary/aromatic N) is 2. The average molecular weight is 304 g/mol. The van der Waals surface area contributed by atoms with Crippen LogP contribution >= 0.6 is 0 Å². The lowest BCUT2D eigenvalue weighted by Crippen LogP contribution is -2.49. The molecule has 0 saturated carbocycles. The summed E-state index contributed by atoms with van der Waals surface area (Å²) in [6, 6.07) is 0.916. The van der Waals surface area contributed by atoms with E-state index in [2.05, 4.69) is 47.0 Å². The summed E-state index contributed by atoms with van der Waals surface area (Å²) in [6.07, 6.45) is 10.0. The minimum atomic E-state index is -0.0974. The molecule has 1 saturated heterocycles. The monoisotopic (exact) mass is 304 g/mol. The number of rotatable bonds is 6. The first-order chi connectivity index (χ1) is 10.6. The van der Waals surface area contributed by atoms with Crippen molar-refractivity contribution in [2.24, 2.45) is 0 Å². The molecule has 1 aromatic rings. The van der Waals surface area contributed by atoms with E-state index < -0.39 is 0 Å². The van der Waals surface area contributed by atoms with Gasteiger partial charge in [0.15, 0.2) is 5.82 Å². The number of piperidine rings is 1. The molecule has 22 heavy (non-hydrogen) atoms. The Kier molecular flexibility index (Phi) is 6.19. The van der Waals surface area contributed by atoms with Crippen molar-refractivity contribution in [2.45, 2.75) is 58.5 Å². The van der Waals surface area contributed by atoms with E-state index in [9.17, 15) is 4.79 Å². The SMILES string of the molecule is CC(C)=CCC[C@H](C)N[C@H]1CCCN(c2ncc[nH]c2=O)C1. The average Bonchev–Trinajstić information content (AvgIpc) is 2.47. The molecule has 2 atom stereocenters. The van der Waals surface area contributed by atoms with Gasteiger partial charge in [-0.15, -0.1) is 0 Å². The Bertz CT molecular complexity index is 548. The zero-order valence-corrected chi connectivity index (χ0v) is 13.9. The number of hydrogen-bond acceptors (Lipinski definition) is 4. The number of hydrogen-bond donors (Lipinski definition) is 2. The van der Waals surface area contributed by atoms with Gasteiger partial charge in [-0.1, -0.05) is 11.6 Å². The van der Waals surface area contributed by atoms with Crippen LogP contribution in [0.1, 0.15) is 46.5 Å². The van der Waals surface area contributed by atoms with Crippen LogP contribution in [0.15, 0.2) is 28.8 Å². The summed E-state index contributed by atoms with van der Waals surface area (Å²) in [5.41, 5.74) is 1.28. The molecule has 1 aliphatic rings. The summed E-state index contributed by atoms with van der Waals surface area (Å²) in [5.74, 6) is 0.547. The van der Waals surface area contributed by atoms with Crippen molar-refractivity contribution in [3.8, 4) is 0 Å². The summed E-state index contributed by atoms with van der Waals surface area (Å²) in [7, 11) is 0. The van der Waals surface area contributed by atoms with Crippen molar-refractivity contribution in [1.29, 1.82) is 0 Å². The Balaban J connectivity index is 1.87. The van der Waals surface area contributed by atoms with Crippen LogP contribution in [-0.2, 0) is 0 Å². The van der Waals surface area contributed by atoms with E-state index in [4.69, 9.17) is 0 Å². The first kappa shape index (κ1) is 16.7. The van der Waals surface area contributed by atoms with Crippen LogP contribution in [0.25, 0.3) is 0 Å². The number of nitrogens with one attached hydrogen (secondary N) is 2. The number of H-pyrrole nitrogens is 1. The largest absolute Gasteiger partial charge is 0.350 e. The minimum Gasteiger partial charge on any atom is -0.350 e. The number of aromatic amines is 1. The van der Waals surface area contributed by atoms with E-state index in [0.717, 1.165) is 38.8 Å². The topological polar surface area (TPSA) is 61.0 Å². The van der Waals surface area contributed by atoms with E-state index >= 15 is 0 Å². The molecule has 1 fully saturated rings. The van der Waals surface area contributed by atoms with Gasteiger partial charge in [-0.2, -0.15) is 0 Å². The van der Waals surface area contributed by atoms with Crippen LogP contribution in [0.4, 0.5) is 5.82 Å². The third-order valence-corrected chi connectivity index (χ3v) is 4.08. The normalized spacial score (nSPS) is 19.8. The fourth-order valence-electron chi connectivity index (χ4n) is 2.98. The Labute approximate surface area is 132 Å². The zero-order valence-electron chi connectivity index (χ0n) is 13.9. The Morgan fingerprint density at radius 3 is 3.14 bits per heavy atom. The van der Waals surface area contributed by atoms with Crippen LogP contribution in [0.3, 0.4) is 0 Å². The van der Waals surface area contributed by atoms with Crippen molar-refractivity contribution >= 4 is 5.82 Å². The fraction of sp³-hybridized carbons (Fsp3) is 0.647. The first-order valence-electron chi connectivity index (χ1n) is 8.24. The van der Waals surface area contributed by atoms with Crippen LogP contribution in [0.2, 0.25) is 0 Å². The second-order valence-electron chi connectivity index (χ2n) is 6.45. The van der Waals surface area contributed by atoms with Crippen molar-refractivity contribution in [2.75, 3.05) is 18.0 Å². The van der Waals surface area contributed by atoms with E-state index in [1.165, 1.54) is 5.57 Å². The summed E-state index contributed by atoms with van der Waals surface area (Å²) < 4.78 is 0. The van der Waals surface area contributed by atoms with Gasteiger partial charge < -0.3 is 15.2 Å². The highest BCUT2D eigenvalue weighted by Gasteiger charge is 2.23. The second kappa shape index (κ2) is 8.13. The highest BCUT2D eigenvalue weighted by molar-refractivity contribution is 5.36. The molecule has 5 nitrogen and oxygen atoms in total. The standard InChI is InChI=1S/C17H28N4O/c1-13(2)6-4-7-14(3)20-15-8-5-11-21(12-15)16-17(22)19-10-9-18-16/h6,9-10,14-15,20H,4-5,7-8,11-12H2,1-3H3,(H,19,22)/t14-,15-/m0/s1. The fourth-order valence-corrected chi connectivity index (χ4v) is 2.98. The van der Waals surface area contributed by atoms with E-state index in [1.54, 1.807) is 12.4 Å². The maximum Gasteiger partial charge on any atom is 0.290 e. The van der Waals surface area contributed by atoms with Crippen LogP contribution in [0.5, 0.6) is 0 Å². The van der Waals surface area contributed by atoms with Gasteiger partial charge in [-0.25, -0.2) is 4.98 Å². The van der Waals surface area contributed by atoms with Gasteiger partial charge in [0.2, 0.25) is 0 Å². The van der Waals surface area contributed by atoms with E-state index in [0.29, 0.717) is 17.9 Å². The molecule has 1 aromatic heterocycles. The summed E-state index contributed by atoms with van der Waals surface area (Å²) >= 11 is 0. The predicted octanol–water partition coefficient (Wildman–Crippen LogP) is 2.46. The lowest BCUT2D eigenvalue weighted by Gasteiger charge is -2.35. The molecule has 122 valence electrons. The van der Waals surface area contributed by atoms with E-state index in [-0.39, 0.29) is 5.56 Å². The molecule has 2 heterocycles. The van der Waals surface area contributed by atoms with Crippen LogP contribution < -0.4 is 15.8 Å². The van der Waals surface area contributed by atoms with Gasteiger partial charge in [0.25, 0.3) is 5.56 Å². The Hall–Kier alpha value is -1.62. The van der Waals surface area contributed by atoms with Crippen LogP contribution in [0, 0.1) is 0 Å². The first-order valence-corrected chi connectivity index (χ1v) is 8.24. The molecule has 2 N–H and O–H groups in total. The van der Waals surface area contributed by atoms with Crippen molar-refractivity contribution in [3.63, 3.8) is 0 Å².